The van der Waals surface area contributed by atoms with Crippen LogP contribution in [0.3, 0.4) is 0 Å². The lowest BCUT2D eigenvalue weighted by atomic mass is 9.93. The van der Waals surface area contributed by atoms with Crippen LogP contribution >= 0.6 is 11.6 Å². The average Bonchev–Trinajstić information content (AvgIpc) is 3.37. The van der Waals surface area contributed by atoms with Gasteiger partial charge in [-0.3, -0.25) is 9.59 Å². The van der Waals surface area contributed by atoms with Crippen molar-refractivity contribution in [2.75, 3.05) is 24.6 Å². The summed E-state index contributed by atoms with van der Waals surface area (Å²) < 4.78 is 50.6. The van der Waals surface area contributed by atoms with E-state index >= 15 is 0 Å². The first kappa shape index (κ1) is 26.7. The number of hydrogen-bond donors (Lipinski definition) is 2. The van der Waals surface area contributed by atoms with Crippen LogP contribution in [0.15, 0.2) is 60.7 Å². The van der Waals surface area contributed by atoms with Crippen molar-refractivity contribution in [1.82, 2.24) is 5.32 Å². The van der Waals surface area contributed by atoms with Crippen LogP contribution in [0.4, 0.5) is 18.9 Å². The summed E-state index contributed by atoms with van der Waals surface area (Å²) in [7, 11) is 0. The number of benzene rings is 3. The van der Waals surface area contributed by atoms with Gasteiger partial charge in [0.05, 0.1) is 23.1 Å². The van der Waals surface area contributed by atoms with Crippen molar-refractivity contribution in [1.29, 1.82) is 0 Å². The van der Waals surface area contributed by atoms with Crippen LogP contribution in [0.1, 0.15) is 40.2 Å². The molecule has 2 aliphatic heterocycles. The molecule has 2 N–H and O–H groups in total. The Morgan fingerprint density at radius 3 is 2.56 bits per heavy atom. The van der Waals surface area contributed by atoms with Crippen LogP contribution in [0.25, 0.3) is 0 Å². The van der Waals surface area contributed by atoms with Crippen LogP contribution in [-0.2, 0) is 11.0 Å². The predicted octanol–water partition coefficient (Wildman–Crippen LogP) is 6.11. The number of carbonyl (C=O) groups excluding carboxylic acids is 1. The molecule has 3 aromatic rings. The van der Waals surface area contributed by atoms with Gasteiger partial charge in [0.15, 0.2) is 0 Å². The molecule has 2 atom stereocenters. The third-order valence-electron chi connectivity index (χ3n) is 6.81. The molecule has 204 valence electrons. The molecule has 2 heterocycles. The molecule has 11 heteroatoms. The fourth-order valence-electron chi connectivity index (χ4n) is 4.79. The molecule has 0 spiro atoms. The van der Waals surface area contributed by atoms with Gasteiger partial charge in [0.1, 0.15) is 17.2 Å². The fraction of sp³-hybridized carbons (Fsp3) is 0.286. The second kappa shape index (κ2) is 10.7. The van der Waals surface area contributed by atoms with Crippen LogP contribution in [0.5, 0.6) is 17.2 Å². The minimum atomic E-state index is -4.42. The summed E-state index contributed by atoms with van der Waals surface area (Å²) in [6, 6.07) is 14.4. The van der Waals surface area contributed by atoms with Gasteiger partial charge < -0.3 is 24.8 Å². The first-order valence-corrected chi connectivity index (χ1v) is 12.7. The number of carboxylic acids is 1. The molecule has 0 aromatic heterocycles. The number of aliphatic carboxylic acids is 1. The Labute approximate surface area is 227 Å². The van der Waals surface area contributed by atoms with E-state index in [9.17, 15) is 27.9 Å². The summed E-state index contributed by atoms with van der Waals surface area (Å²) in [5.74, 6) is -0.846. The number of nitrogens with one attached hydrogen (secondary N) is 1. The van der Waals surface area contributed by atoms with E-state index in [1.54, 1.807) is 36.4 Å². The number of nitrogens with zero attached hydrogens (tertiary/aromatic N) is 1. The third-order valence-corrected chi connectivity index (χ3v) is 7.10. The summed E-state index contributed by atoms with van der Waals surface area (Å²) in [5, 5.41) is 12.6. The monoisotopic (exact) mass is 560 g/mol. The second-order valence-corrected chi connectivity index (χ2v) is 9.84. The van der Waals surface area contributed by atoms with Gasteiger partial charge in [0.2, 0.25) is 0 Å². The lowest BCUT2D eigenvalue weighted by Crippen LogP contribution is -2.37. The van der Waals surface area contributed by atoms with E-state index in [2.05, 4.69) is 5.32 Å². The highest BCUT2D eigenvalue weighted by atomic mass is 35.5. The van der Waals surface area contributed by atoms with Crippen LogP contribution < -0.4 is 19.7 Å². The van der Waals surface area contributed by atoms with E-state index in [1.165, 1.54) is 12.1 Å². The molecule has 0 aliphatic carbocycles. The van der Waals surface area contributed by atoms with Crippen LogP contribution in [-0.4, -0.2) is 42.7 Å². The number of amides is 1. The van der Waals surface area contributed by atoms with Gasteiger partial charge in [-0.1, -0.05) is 17.7 Å². The lowest BCUT2D eigenvalue weighted by Gasteiger charge is -2.24. The number of carbonyl (C=O) groups is 2. The van der Waals surface area contributed by atoms with Gasteiger partial charge in [0.25, 0.3) is 5.91 Å². The minimum Gasteiger partial charge on any atom is -0.493 e. The van der Waals surface area contributed by atoms with E-state index in [4.69, 9.17) is 21.1 Å². The van der Waals surface area contributed by atoms with Gasteiger partial charge in [-0.2, -0.15) is 13.2 Å². The predicted molar refractivity (Wildman–Crippen MR) is 138 cm³/mol. The lowest BCUT2D eigenvalue weighted by molar-refractivity contribution is -0.139. The first-order valence-electron chi connectivity index (χ1n) is 12.3. The highest BCUT2D eigenvalue weighted by molar-refractivity contribution is 6.32. The molecule has 2 aliphatic rings. The van der Waals surface area contributed by atoms with Crippen molar-refractivity contribution in [2.45, 2.75) is 31.0 Å². The van der Waals surface area contributed by atoms with Crippen molar-refractivity contribution >= 4 is 29.2 Å². The standard InChI is InChI=1S/C28H24ClF3N2O5/c29-23-13-22-21(27(36)37)9-11-38-24(22)14-25(23)39-20-6-4-16(5-7-20)26(35)33-18-8-10-34(15-18)19-3-1-2-17(12-19)28(30,31)32/h1-7,12-14,18,21H,8-11,15H2,(H,33,35)(H,36,37). The maximum absolute atomic E-state index is 13.1. The molecule has 0 radical (unpaired) electrons. The maximum atomic E-state index is 13.1. The van der Waals surface area contributed by atoms with Crippen molar-refractivity contribution in [3.63, 3.8) is 0 Å². The molecule has 0 bridgehead atoms. The number of rotatable bonds is 6. The Hall–Kier alpha value is -3.92. The van der Waals surface area contributed by atoms with Crippen molar-refractivity contribution < 1.29 is 37.3 Å². The number of carboxylic acid groups (broad SMARTS) is 1. The summed E-state index contributed by atoms with van der Waals surface area (Å²) >= 11 is 6.35. The van der Waals surface area contributed by atoms with Gasteiger partial charge in [-0.25, -0.2) is 0 Å². The maximum Gasteiger partial charge on any atom is 0.416 e. The van der Waals surface area contributed by atoms with Crippen LogP contribution in [0, 0.1) is 0 Å². The Balaban J connectivity index is 1.20. The number of fused-ring (bicyclic) bond motifs is 1. The van der Waals surface area contributed by atoms with Gasteiger partial charge >= 0.3 is 12.1 Å². The third kappa shape index (κ3) is 5.90. The smallest absolute Gasteiger partial charge is 0.416 e. The zero-order chi connectivity index (χ0) is 27.7. The van der Waals surface area contributed by atoms with E-state index in [-0.39, 0.29) is 23.6 Å². The topological polar surface area (TPSA) is 88.1 Å². The first-order chi connectivity index (χ1) is 18.6. The molecule has 39 heavy (non-hydrogen) atoms. The second-order valence-electron chi connectivity index (χ2n) is 9.43. The van der Waals surface area contributed by atoms with Gasteiger partial charge in [-0.15, -0.1) is 0 Å². The zero-order valence-corrected chi connectivity index (χ0v) is 21.3. The van der Waals surface area contributed by atoms with E-state index < -0.39 is 23.6 Å². The molecule has 3 aromatic carbocycles. The highest BCUT2D eigenvalue weighted by Gasteiger charge is 2.32. The van der Waals surface area contributed by atoms with Crippen LogP contribution in [0.2, 0.25) is 5.02 Å². The molecule has 1 fully saturated rings. The number of hydrogen-bond acceptors (Lipinski definition) is 5. The van der Waals surface area contributed by atoms with E-state index in [0.717, 1.165) is 12.1 Å². The van der Waals surface area contributed by atoms with Crippen molar-refractivity contribution in [2.24, 2.45) is 0 Å². The van der Waals surface area contributed by atoms with Gasteiger partial charge in [-0.05, 0) is 61.4 Å². The highest BCUT2D eigenvalue weighted by Crippen LogP contribution is 2.42. The molecule has 1 saturated heterocycles. The van der Waals surface area contributed by atoms with Crippen molar-refractivity contribution in [3.05, 3.63) is 82.4 Å². The number of anilines is 1. The molecular weight excluding hydrogens is 537 g/mol. The average molecular weight is 561 g/mol. The quantitative estimate of drug-likeness (QED) is 0.378. The zero-order valence-electron chi connectivity index (χ0n) is 20.5. The Kier molecular flexibility index (Phi) is 7.31. The Morgan fingerprint density at radius 2 is 1.85 bits per heavy atom. The number of halogens is 4. The minimum absolute atomic E-state index is 0.216. The fourth-order valence-corrected chi connectivity index (χ4v) is 5.00. The summed E-state index contributed by atoms with van der Waals surface area (Å²) in [6.07, 6.45) is -3.46. The summed E-state index contributed by atoms with van der Waals surface area (Å²) in [5.41, 5.74) is 0.650. The van der Waals surface area contributed by atoms with E-state index in [1.807, 2.05) is 4.90 Å². The number of ether oxygens (including phenoxy) is 2. The SMILES string of the molecule is O=C(NC1CCN(c2cccc(C(F)(F)F)c2)C1)c1ccc(Oc2cc3c(cc2Cl)C(C(=O)O)CCO3)cc1. The molecule has 0 saturated carbocycles. The normalized spacial score (nSPS) is 18.7. The molecule has 1 amide bonds. The van der Waals surface area contributed by atoms with Gasteiger partial charge in [0, 0.05) is 42.0 Å². The van der Waals surface area contributed by atoms with E-state index in [0.29, 0.717) is 60.0 Å². The summed E-state index contributed by atoms with van der Waals surface area (Å²) in [6.45, 7) is 1.20. The molecule has 2 unspecified atom stereocenters. The molecule has 7 nitrogen and oxygen atoms in total. The molecular formula is C28H24ClF3N2O5. The largest absolute Gasteiger partial charge is 0.493 e. The molecule has 5 rings (SSSR count). The summed E-state index contributed by atoms with van der Waals surface area (Å²) in [4.78, 5) is 26.1. The van der Waals surface area contributed by atoms with Crippen molar-refractivity contribution in [3.8, 4) is 17.2 Å². The Bertz CT molecular complexity index is 1400. The number of alkyl halides is 3. The Morgan fingerprint density at radius 1 is 1.08 bits per heavy atom.